The van der Waals surface area contributed by atoms with Crippen molar-refractivity contribution in [2.75, 3.05) is 19.7 Å². The van der Waals surface area contributed by atoms with E-state index in [4.69, 9.17) is 0 Å². The van der Waals surface area contributed by atoms with E-state index >= 15 is 0 Å². The van der Waals surface area contributed by atoms with Crippen LogP contribution in [-0.2, 0) is 23.9 Å². The van der Waals surface area contributed by atoms with E-state index in [0.29, 0.717) is 24.9 Å². The molecule has 1 aromatic carbocycles. The van der Waals surface area contributed by atoms with E-state index in [0.717, 1.165) is 12.8 Å². The number of fused-ring (bicyclic) bond motifs is 1. The number of ketones is 1. The fraction of sp³-hybridized carbons (Fsp3) is 0.600. The van der Waals surface area contributed by atoms with Crippen LogP contribution in [0.4, 0.5) is 13.2 Å². The first-order chi connectivity index (χ1) is 17.5. The third kappa shape index (κ3) is 6.30. The largest absolute Gasteiger partial charge is 0.522 e. The Labute approximate surface area is 211 Å². The summed E-state index contributed by atoms with van der Waals surface area (Å²) in [5.74, 6) is -3.53. The Bertz CT molecular complexity index is 1020. The van der Waals surface area contributed by atoms with Gasteiger partial charge in [0.25, 0.3) is 5.91 Å². The van der Waals surface area contributed by atoms with Gasteiger partial charge in [-0.2, -0.15) is 0 Å². The molecule has 1 aromatic rings. The second kappa shape index (κ2) is 11.2. The Morgan fingerprint density at radius 1 is 1.16 bits per heavy atom. The topological polar surface area (TPSA) is 125 Å². The van der Waals surface area contributed by atoms with E-state index in [1.807, 2.05) is 0 Å². The molecule has 0 radical (unpaired) electrons. The smallest absolute Gasteiger partial charge is 0.378 e. The van der Waals surface area contributed by atoms with Gasteiger partial charge >= 0.3 is 6.36 Å². The van der Waals surface area contributed by atoms with E-state index in [2.05, 4.69) is 15.4 Å². The lowest BCUT2D eigenvalue weighted by Crippen LogP contribution is -2.54. The van der Waals surface area contributed by atoms with Crippen LogP contribution in [0.15, 0.2) is 30.3 Å². The quantitative estimate of drug-likeness (QED) is 0.449. The van der Waals surface area contributed by atoms with Gasteiger partial charge in [-0.25, -0.2) is 0 Å². The Morgan fingerprint density at radius 2 is 1.89 bits per heavy atom. The van der Waals surface area contributed by atoms with Crippen molar-refractivity contribution in [1.82, 2.24) is 15.5 Å². The van der Waals surface area contributed by atoms with E-state index in [1.165, 1.54) is 4.90 Å². The molecule has 3 amide bonds. The van der Waals surface area contributed by atoms with Crippen LogP contribution < -0.4 is 10.6 Å². The average molecular weight is 526 g/mol. The van der Waals surface area contributed by atoms with Gasteiger partial charge in [0.05, 0.1) is 6.04 Å². The second-order valence-corrected chi connectivity index (χ2v) is 9.88. The molecule has 2 heterocycles. The van der Waals surface area contributed by atoms with Crippen molar-refractivity contribution < 1.29 is 42.2 Å². The van der Waals surface area contributed by atoms with Crippen molar-refractivity contribution in [1.29, 1.82) is 0 Å². The number of ether oxygens (including phenoxy) is 1. The number of rotatable bonds is 9. The van der Waals surface area contributed by atoms with E-state index < -0.39 is 54.7 Å². The number of benzene rings is 1. The maximum Gasteiger partial charge on any atom is 0.522 e. The summed E-state index contributed by atoms with van der Waals surface area (Å²) in [5.41, 5.74) is 0.369. The number of carbonyl (C=O) groups is 4. The number of likely N-dealkylation sites (tertiary alicyclic amines) is 1. The molecule has 3 N–H and O–H groups in total. The first kappa shape index (κ1) is 27.1. The monoisotopic (exact) mass is 525 g/mol. The zero-order valence-corrected chi connectivity index (χ0v) is 20.1. The molecule has 12 heteroatoms. The molecule has 6 atom stereocenters. The summed E-state index contributed by atoms with van der Waals surface area (Å²) >= 11 is 0. The fourth-order valence-corrected chi connectivity index (χ4v) is 5.74. The number of aliphatic hydroxyl groups excluding tert-OH is 1. The molecule has 0 aromatic heterocycles. The van der Waals surface area contributed by atoms with Crippen LogP contribution in [0.1, 0.15) is 43.8 Å². The zero-order chi connectivity index (χ0) is 26.7. The molecule has 4 rings (SSSR count). The summed E-state index contributed by atoms with van der Waals surface area (Å²) in [6, 6.07) is 5.88. The van der Waals surface area contributed by atoms with Crippen molar-refractivity contribution >= 4 is 23.5 Å². The standard InChI is InChI=1S/C25H30F3N3O6/c26-25(27,28)37-13-19(32)18(11-15-9-10-29-22(15)34)30-23(35)20-17-8-4-7-16(17)12-31(20)24(36)21(33)14-5-2-1-3-6-14/h1-3,5-6,15-18,20-21,33H,4,7-13H2,(H,29,34)(H,30,35)/t15-,16-,17-,18-,20-,21+/m0/s1. The highest BCUT2D eigenvalue weighted by Crippen LogP contribution is 2.43. The maximum atomic E-state index is 13.5. The third-order valence-electron chi connectivity index (χ3n) is 7.56. The lowest BCUT2D eigenvalue weighted by molar-refractivity contribution is -0.321. The molecule has 2 aliphatic heterocycles. The minimum atomic E-state index is -5.03. The highest BCUT2D eigenvalue weighted by atomic mass is 19.4. The van der Waals surface area contributed by atoms with Crippen LogP contribution in [0, 0.1) is 17.8 Å². The molecule has 0 unspecified atom stereocenters. The molecule has 37 heavy (non-hydrogen) atoms. The van der Waals surface area contributed by atoms with Gasteiger partial charge in [-0.05, 0) is 43.1 Å². The number of Topliss-reactive ketones (excluding diaryl/α,β-unsaturated/α-hetero) is 1. The molecular formula is C25H30F3N3O6. The van der Waals surface area contributed by atoms with Crippen LogP contribution >= 0.6 is 0 Å². The number of nitrogens with one attached hydrogen (secondary N) is 2. The molecule has 0 spiro atoms. The number of aliphatic hydroxyl groups is 1. The molecule has 3 fully saturated rings. The van der Waals surface area contributed by atoms with Gasteiger partial charge in [-0.3, -0.25) is 23.9 Å². The molecule has 9 nitrogen and oxygen atoms in total. The van der Waals surface area contributed by atoms with Crippen molar-refractivity contribution in [3.8, 4) is 0 Å². The minimum absolute atomic E-state index is 0.0333. The summed E-state index contributed by atoms with van der Waals surface area (Å²) in [6.07, 6.45) is -4.02. The van der Waals surface area contributed by atoms with Gasteiger partial charge in [-0.15, -0.1) is 13.2 Å². The Morgan fingerprint density at radius 3 is 2.54 bits per heavy atom. The molecular weight excluding hydrogens is 495 g/mol. The third-order valence-corrected chi connectivity index (χ3v) is 7.56. The van der Waals surface area contributed by atoms with Gasteiger partial charge in [-0.1, -0.05) is 36.8 Å². The zero-order valence-electron chi connectivity index (χ0n) is 20.1. The Balaban J connectivity index is 1.53. The molecule has 1 aliphatic carbocycles. The number of amides is 3. The normalized spacial score (nSPS) is 26.9. The SMILES string of the molecule is O=C1NCC[C@H]1C[C@H](NC(=O)[C@@H]1[C@H]2CCC[C@H]2CN1C(=O)[C@H](O)c1ccccc1)C(=O)COC(F)(F)F. The van der Waals surface area contributed by atoms with Gasteiger partial charge in [0, 0.05) is 19.0 Å². The first-order valence-corrected chi connectivity index (χ1v) is 12.4. The number of hydrogen-bond acceptors (Lipinski definition) is 6. The molecule has 0 bridgehead atoms. The van der Waals surface area contributed by atoms with Gasteiger partial charge in [0.15, 0.2) is 11.9 Å². The molecule has 1 saturated carbocycles. The number of halogens is 3. The van der Waals surface area contributed by atoms with Gasteiger partial charge < -0.3 is 20.6 Å². The Kier molecular flexibility index (Phi) is 8.17. The van der Waals surface area contributed by atoms with Crippen molar-refractivity contribution in [3.63, 3.8) is 0 Å². The number of hydrogen-bond donors (Lipinski definition) is 3. The van der Waals surface area contributed by atoms with Crippen LogP contribution in [0.25, 0.3) is 0 Å². The lowest BCUT2D eigenvalue weighted by Gasteiger charge is -2.30. The highest BCUT2D eigenvalue weighted by Gasteiger charge is 2.51. The summed E-state index contributed by atoms with van der Waals surface area (Å²) in [7, 11) is 0. The summed E-state index contributed by atoms with van der Waals surface area (Å²) < 4.78 is 41.4. The Hall–Kier alpha value is -2.99. The van der Waals surface area contributed by atoms with Crippen molar-refractivity contribution in [3.05, 3.63) is 35.9 Å². The number of alkyl halides is 3. The van der Waals surface area contributed by atoms with E-state index in [-0.39, 0.29) is 30.7 Å². The van der Waals surface area contributed by atoms with E-state index in [1.54, 1.807) is 30.3 Å². The summed E-state index contributed by atoms with van der Waals surface area (Å²) in [5, 5.41) is 15.8. The second-order valence-electron chi connectivity index (χ2n) is 9.88. The van der Waals surface area contributed by atoms with Crippen LogP contribution in [0.5, 0.6) is 0 Å². The van der Waals surface area contributed by atoms with Crippen LogP contribution in [0.3, 0.4) is 0 Å². The molecule has 202 valence electrons. The summed E-state index contributed by atoms with van der Waals surface area (Å²) in [6.45, 7) is -0.690. The van der Waals surface area contributed by atoms with Crippen LogP contribution in [-0.4, -0.2) is 71.7 Å². The maximum absolute atomic E-state index is 13.5. The van der Waals surface area contributed by atoms with Gasteiger partial charge in [0.2, 0.25) is 11.8 Å². The summed E-state index contributed by atoms with van der Waals surface area (Å²) in [4.78, 5) is 52.9. The average Bonchev–Trinajstić information content (AvgIpc) is 3.57. The highest BCUT2D eigenvalue weighted by molar-refractivity contribution is 5.95. The van der Waals surface area contributed by atoms with Crippen molar-refractivity contribution in [2.45, 2.75) is 56.7 Å². The first-order valence-electron chi connectivity index (χ1n) is 12.4. The lowest BCUT2D eigenvalue weighted by atomic mass is 9.92. The number of carbonyl (C=O) groups excluding carboxylic acids is 4. The molecule has 3 aliphatic rings. The minimum Gasteiger partial charge on any atom is -0.378 e. The van der Waals surface area contributed by atoms with Crippen molar-refractivity contribution in [2.24, 2.45) is 17.8 Å². The van der Waals surface area contributed by atoms with Crippen LogP contribution in [0.2, 0.25) is 0 Å². The molecule has 2 saturated heterocycles. The predicted molar refractivity (Wildman–Crippen MR) is 122 cm³/mol. The fourth-order valence-electron chi connectivity index (χ4n) is 5.74. The number of nitrogens with zero attached hydrogens (tertiary/aromatic N) is 1. The predicted octanol–water partition coefficient (Wildman–Crippen LogP) is 1.46. The van der Waals surface area contributed by atoms with E-state index in [9.17, 15) is 37.5 Å². The van der Waals surface area contributed by atoms with Gasteiger partial charge in [0.1, 0.15) is 12.6 Å².